The Hall–Kier alpha value is -4.36. The van der Waals surface area contributed by atoms with Crippen molar-refractivity contribution in [2.45, 2.75) is 16.7 Å². The van der Waals surface area contributed by atoms with Gasteiger partial charge in [0.25, 0.3) is 20.2 Å². The van der Waals surface area contributed by atoms with Crippen LogP contribution in [-0.2, 0) is 28.6 Å². The predicted octanol–water partition coefficient (Wildman–Crippen LogP) is 4.79. The second-order valence-electron chi connectivity index (χ2n) is 8.91. The van der Waals surface area contributed by atoms with E-state index in [0.717, 1.165) is 43.5 Å². The van der Waals surface area contributed by atoms with Gasteiger partial charge in [0.2, 0.25) is 0 Å². The van der Waals surface area contributed by atoms with Crippen LogP contribution in [0.4, 0.5) is 0 Å². The van der Waals surface area contributed by atoms with E-state index < -0.39 is 36.9 Å². The summed E-state index contributed by atoms with van der Waals surface area (Å²) in [6, 6.07) is 21.2. The Bertz CT molecular complexity index is 1860. The van der Waals surface area contributed by atoms with E-state index in [1.165, 1.54) is 30.3 Å². The van der Waals surface area contributed by atoms with Gasteiger partial charge in [-0.05, 0) is 72.1 Å². The van der Waals surface area contributed by atoms with E-state index in [4.69, 9.17) is 9.47 Å². The first-order valence-electron chi connectivity index (χ1n) is 12.3. The van der Waals surface area contributed by atoms with Crippen molar-refractivity contribution in [3.8, 4) is 22.6 Å². The lowest BCUT2D eigenvalue weighted by Crippen LogP contribution is -2.14. The van der Waals surface area contributed by atoms with Gasteiger partial charge in [0, 0.05) is 11.1 Å². The average molecular weight is 611 g/mol. The van der Waals surface area contributed by atoms with Crippen molar-refractivity contribution in [2.75, 3.05) is 21.3 Å². The van der Waals surface area contributed by atoms with Crippen LogP contribution in [0.2, 0.25) is 0 Å². The summed E-state index contributed by atoms with van der Waals surface area (Å²) in [5.41, 5.74) is 2.09. The molecule has 0 aliphatic rings. The molecule has 0 aromatic heterocycles. The Morgan fingerprint density at radius 3 is 1.62 bits per heavy atom. The largest absolute Gasteiger partial charge is 0.497 e. The van der Waals surface area contributed by atoms with Crippen LogP contribution in [0.1, 0.15) is 31.8 Å². The molecule has 0 N–H and O–H groups in total. The van der Waals surface area contributed by atoms with Gasteiger partial charge in [-0.2, -0.15) is 16.8 Å². The van der Waals surface area contributed by atoms with E-state index in [1.807, 2.05) is 24.3 Å². The normalized spacial score (nSPS) is 11.6. The van der Waals surface area contributed by atoms with Gasteiger partial charge in [-0.1, -0.05) is 36.4 Å². The van der Waals surface area contributed by atoms with E-state index in [2.05, 4.69) is 8.37 Å². The van der Waals surface area contributed by atoms with Crippen molar-refractivity contribution >= 4 is 32.0 Å². The molecule has 4 rings (SSSR count). The van der Waals surface area contributed by atoms with E-state index in [1.54, 1.807) is 26.2 Å². The van der Waals surface area contributed by atoms with E-state index in [9.17, 15) is 26.4 Å². The van der Waals surface area contributed by atoms with Crippen LogP contribution in [0.5, 0.6) is 11.5 Å². The zero-order valence-corrected chi connectivity index (χ0v) is 24.6. The minimum absolute atomic E-state index is 0.0290. The predicted molar refractivity (Wildman–Crippen MR) is 153 cm³/mol. The van der Waals surface area contributed by atoms with Crippen molar-refractivity contribution in [1.29, 1.82) is 0 Å². The number of aryl methyl sites for hydroxylation is 1. The number of methoxy groups -OCH3 is 1. The molecule has 4 aromatic carbocycles. The summed E-state index contributed by atoms with van der Waals surface area (Å²) in [6.45, 7) is 1.54. The van der Waals surface area contributed by atoms with Gasteiger partial charge < -0.3 is 9.47 Å². The van der Waals surface area contributed by atoms with Crippen LogP contribution in [0, 0.1) is 6.92 Å². The third-order valence-electron chi connectivity index (χ3n) is 6.38. The molecule has 0 atom stereocenters. The lowest BCUT2D eigenvalue weighted by molar-refractivity contribution is 0.0730. The third kappa shape index (κ3) is 6.42. The summed E-state index contributed by atoms with van der Waals surface area (Å²) < 4.78 is 69.8. The fraction of sp³-hybridized carbons (Fsp3) is 0.133. The Balaban J connectivity index is 1.64. The highest BCUT2D eigenvalue weighted by molar-refractivity contribution is 7.87. The maximum Gasteiger partial charge on any atom is 0.343 e. The standard InChI is InChI=1S/C30H26O10S2/c1-19-5-6-23(17-27(19)41(33,34)38-3)29(31)24-13-16-26(28(18-24)42(35,36)39-4)40-30(32)22-9-7-20(8-10-22)21-11-14-25(37-2)15-12-21/h5-18H,1-4H3. The lowest BCUT2D eigenvalue weighted by Gasteiger charge is -2.12. The van der Waals surface area contributed by atoms with Crippen molar-refractivity contribution in [3.63, 3.8) is 0 Å². The van der Waals surface area contributed by atoms with Crippen LogP contribution in [0.15, 0.2) is 94.7 Å². The molecule has 0 saturated carbocycles. The molecule has 42 heavy (non-hydrogen) atoms. The number of benzene rings is 4. The molecule has 0 bridgehead atoms. The third-order valence-corrected chi connectivity index (χ3v) is 9.09. The quantitative estimate of drug-likeness (QED) is 0.107. The maximum atomic E-state index is 13.2. The molecular formula is C30H26O10S2. The Morgan fingerprint density at radius 1 is 0.595 bits per heavy atom. The summed E-state index contributed by atoms with van der Waals surface area (Å²) >= 11 is 0. The number of rotatable bonds is 10. The first-order chi connectivity index (χ1) is 19.9. The first kappa shape index (κ1) is 30.6. The monoisotopic (exact) mass is 610 g/mol. The summed E-state index contributed by atoms with van der Waals surface area (Å²) in [5.74, 6) is -1.17. The van der Waals surface area contributed by atoms with E-state index in [-0.39, 0.29) is 27.3 Å². The topological polar surface area (TPSA) is 139 Å². The first-order valence-corrected chi connectivity index (χ1v) is 15.1. The fourth-order valence-corrected chi connectivity index (χ4v) is 5.75. The summed E-state index contributed by atoms with van der Waals surface area (Å²) in [7, 11) is -5.05. The molecule has 0 radical (unpaired) electrons. The summed E-state index contributed by atoms with van der Waals surface area (Å²) in [4.78, 5) is 25.4. The molecule has 0 unspecified atom stereocenters. The number of ether oxygens (including phenoxy) is 2. The van der Waals surface area contributed by atoms with Gasteiger partial charge in [0.05, 0.1) is 31.8 Å². The van der Waals surface area contributed by atoms with E-state index >= 15 is 0 Å². The van der Waals surface area contributed by atoms with Gasteiger partial charge >= 0.3 is 5.97 Å². The van der Waals surface area contributed by atoms with Crippen LogP contribution < -0.4 is 9.47 Å². The second kappa shape index (κ2) is 12.2. The van der Waals surface area contributed by atoms with Crippen molar-refractivity contribution < 1.29 is 44.3 Å². The molecule has 10 nitrogen and oxygen atoms in total. The fourth-order valence-electron chi connectivity index (χ4n) is 4.03. The smallest absolute Gasteiger partial charge is 0.343 e. The van der Waals surface area contributed by atoms with Gasteiger partial charge in [-0.25, -0.2) is 4.79 Å². The summed E-state index contributed by atoms with van der Waals surface area (Å²) in [6.07, 6.45) is 0. The zero-order chi connectivity index (χ0) is 30.7. The number of carbonyl (C=O) groups excluding carboxylic acids is 2. The van der Waals surface area contributed by atoms with Crippen LogP contribution in [0.25, 0.3) is 11.1 Å². The molecule has 0 spiro atoms. The van der Waals surface area contributed by atoms with Crippen LogP contribution in [-0.4, -0.2) is 49.9 Å². The van der Waals surface area contributed by atoms with Crippen molar-refractivity contribution in [1.82, 2.24) is 0 Å². The Kier molecular flexibility index (Phi) is 8.92. The van der Waals surface area contributed by atoms with Gasteiger partial charge in [0.15, 0.2) is 11.5 Å². The van der Waals surface area contributed by atoms with E-state index in [0.29, 0.717) is 11.3 Å². The van der Waals surface area contributed by atoms with Gasteiger partial charge in [0.1, 0.15) is 10.6 Å². The Morgan fingerprint density at radius 2 is 1.07 bits per heavy atom. The van der Waals surface area contributed by atoms with Crippen LogP contribution >= 0.6 is 0 Å². The molecule has 218 valence electrons. The maximum absolute atomic E-state index is 13.2. The zero-order valence-electron chi connectivity index (χ0n) is 23.0. The molecule has 12 heteroatoms. The molecule has 0 saturated heterocycles. The molecule has 4 aromatic rings. The minimum Gasteiger partial charge on any atom is -0.497 e. The number of hydrogen-bond donors (Lipinski definition) is 0. The number of carbonyl (C=O) groups is 2. The highest BCUT2D eigenvalue weighted by atomic mass is 32.2. The molecule has 0 heterocycles. The SMILES string of the molecule is COc1ccc(-c2ccc(C(=O)Oc3ccc(C(=O)c4ccc(C)c(S(=O)(=O)OC)c4)cc3S(=O)(=O)OC)cc2)cc1. The van der Waals surface area contributed by atoms with Crippen molar-refractivity contribution in [3.05, 3.63) is 107 Å². The molecule has 0 fully saturated rings. The van der Waals surface area contributed by atoms with Gasteiger partial charge in [-0.15, -0.1) is 0 Å². The molecular weight excluding hydrogens is 584 g/mol. The average Bonchev–Trinajstić information content (AvgIpc) is 3.01. The van der Waals surface area contributed by atoms with Crippen molar-refractivity contribution in [2.24, 2.45) is 0 Å². The lowest BCUT2D eigenvalue weighted by atomic mass is 10.0. The summed E-state index contributed by atoms with van der Waals surface area (Å²) in [5, 5.41) is 0. The Labute approximate surface area is 243 Å². The molecule has 0 aliphatic carbocycles. The van der Waals surface area contributed by atoms with Gasteiger partial charge in [-0.3, -0.25) is 13.2 Å². The minimum atomic E-state index is -4.44. The second-order valence-corrected chi connectivity index (χ2v) is 12.3. The number of hydrogen-bond acceptors (Lipinski definition) is 10. The number of ketones is 1. The highest BCUT2D eigenvalue weighted by Crippen LogP contribution is 2.30. The highest BCUT2D eigenvalue weighted by Gasteiger charge is 2.25. The molecule has 0 amide bonds. The number of esters is 1. The molecule has 0 aliphatic heterocycles. The van der Waals surface area contributed by atoms with Crippen LogP contribution in [0.3, 0.4) is 0 Å².